The minimum atomic E-state index is -0.212. The molecular weight excluding hydrogens is 340 g/mol. The fraction of sp³-hybridized carbons (Fsp3) is 0.0556. The standard InChI is InChI=1S/C18H15BrN2O/c19-16-10-11-17(15-9-5-4-8-14(15)16)21-18(22)20-12-13-6-2-1-3-7-13/h1-11H,12H2,(H2,20,21,22). The van der Waals surface area contributed by atoms with Crippen molar-refractivity contribution >= 4 is 38.4 Å². The second kappa shape index (κ2) is 6.62. The molecule has 0 spiro atoms. The van der Waals surface area contributed by atoms with Crippen molar-refractivity contribution in [2.75, 3.05) is 5.32 Å². The molecule has 3 aromatic rings. The molecule has 0 saturated heterocycles. The molecule has 0 saturated carbocycles. The summed E-state index contributed by atoms with van der Waals surface area (Å²) in [6.07, 6.45) is 0. The summed E-state index contributed by atoms with van der Waals surface area (Å²) in [4.78, 5) is 12.1. The van der Waals surface area contributed by atoms with Crippen molar-refractivity contribution in [3.05, 3.63) is 76.8 Å². The molecule has 0 aliphatic heterocycles. The predicted molar refractivity (Wildman–Crippen MR) is 93.9 cm³/mol. The highest BCUT2D eigenvalue weighted by Gasteiger charge is 2.07. The van der Waals surface area contributed by atoms with Crippen LogP contribution in [-0.4, -0.2) is 6.03 Å². The predicted octanol–water partition coefficient (Wildman–Crippen LogP) is 4.92. The van der Waals surface area contributed by atoms with Gasteiger partial charge in [-0.05, 0) is 23.1 Å². The van der Waals surface area contributed by atoms with E-state index in [0.717, 1.165) is 26.5 Å². The van der Waals surface area contributed by atoms with E-state index in [4.69, 9.17) is 0 Å². The van der Waals surface area contributed by atoms with Gasteiger partial charge in [0.1, 0.15) is 0 Å². The van der Waals surface area contributed by atoms with Crippen LogP contribution in [-0.2, 0) is 6.54 Å². The Morgan fingerprint density at radius 2 is 1.55 bits per heavy atom. The molecule has 22 heavy (non-hydrogen) atoms. The highest BCUT2D eigenvalue weighted by molar-refractivity contribution is 9.10. The van der Waals surface area contributed by atoms with E-state index in [0.29, 0.717) is 6.54 Å². The van der Waals surface area contributed by atoms with E-state index in [1.54, 1.807) is 0 Å². The molecule has 0 radical (unpaired) electrons. The lowest BCUT2D eigenvalue weighted by atomic mass is 10.1. The van der Waals surface area contributed by atoms with Crippen LogP contribution in [0.3, 0.4) is 0 Å². The van der Waals surface area contributed by atoms with Gasteiger partial charge in [-0.25, -0.2) is 4.79 Å². The van der Waals surface area contributed by atoms with Crippen LogP contribution >= 0.6 is 15.9 Å². The molecule has 0 aliphatic carbocycles. The second-order valence-corrected chi connectivity index (χ2v) is 5.79. The van der Waals surface area contributed by atoms with Gasteiger partial charge in [0.2, 0.25) is 0 Å². The molecule has 3 rings (SSSR count). The fourth-order valence-corrected chi connectivity index (χ4v) is 2.79. The first-order chi connectivity index (χ1) is 10.7. The van der Waals surface area contributed by atoms with Gasteiger partial charge in [-0.2, -0.15) is 0 Å². The minimum absolute atomic E-state index is 0.212. The summed E-state index contributed by atoms with van der Waals surface area (Å²) in [6, 6.07) is 21.4. The van der Waals surface area contributed by atoms with Crippen LogP contribution in [0.5, 0.6) is 0 Å². The van der Waals surface area contributed by atoms with E-state index in [9.17, 15) is 4.79 Å². The van der Waals surface area contributed by atoms with Crippen LogP contribution in [0, 0.1) is 0 Å². The Hall–Kier alpha value is -2.33. The van der Waals surface area contributed by atoms with Gasteiger partial charge in [0.05, 0.1) is 5.69 Å². The zero-order valence-electron chi connectivity index (χ0n) is 11.8. The molecule has 0 aliphatic rings. The zero-order chi connectivity index (χ0) is 15.4. The maximum Gasteiger partial charge on any atom is 0.319 e. The Labute approximate surface area is 137 Å². The highest BCUT2D eigenvalue weighted by Crippen LogP contribution is 2.29. The van der Waals surface area contributed by atoms with Crippen LogP contribution in [0.15, 0.2) is 71.2 Å². The topological polar surface area (TPSA) is 41.1 Å². The average Bonchev–Trinajstić information content (AvgIpc) is 2.57. The van der Waals surface area contributed by atoms with Crippen LogP contribution in [0.1, 0.15) is 5.56 Å². The molecule has 2 N–H and O–H groups in total. The number of carbonyl (C=O) groups excluding carboxylic acids is 1. The Balaban J connectivity index is 1.73. The van der Waals surface area contributed by atoms with Gasteiger partial charge in [0.15, 0.2) is 0 Å². The highest BCUT2D eigenvalue weighted by atomic mass is 79.9. The first kappa shape index (κ1) is 14.6. The number of urea groups is 1. The third-order valence-corrected chi connectivity index (χ3v) is 4.11. The largest absolute Gasteiger partial charge is 0.334 e. The number of hydrogen-bond acceptors (Lipinski definition) is 1. The molecule has 0 heterocycles. The first-order valence-electron chi connectivity index (χ1n) is 7.00. The minimum Gasteiger partial charge on any atom is -0.334 e. The van der Waals surface area contributed by atoms with E-state index in [1.165, 1.54) is 0 Å². The average molecular weight is 355 g/mol. The summed E-state index contributed by atoms with van der Waals surface area (Å²) in [5, 5.41) is 7.86. The number of anilines is 1. The summed E-state index contributed by atoms with van der Waals surface area (Å²) >= 11 is 3.53. The Morgan fingerprint density at radius 3 is 2.32 bits per heavy atom. The van der Waals surface area contributed by atoms with Gasteiger partial charge in [-0.1, -0.05) is 70.5 Å². The van der Waals surface area contributed by atoms with Gasteiger partial charge in [-0.3, -0.25) is 0 Å². The summed E-state index contributed by atoms with van der Waals surface area (Å²) in [6.45, 7) is 0.501. The van der Waals surface area contributed by atoms with E-state index < -0.39 is 0 Å². The van der Waals surface area contributed by atoms with Gasteiger partial charge in [-0.15, -0.1) is 0 Å². The molecule has 2 amide bonds. The number of carbonyl (C=O) groups is 1. The van der Waals surface area contributed by atoms with Crippen molar-refractivity contribution in [3.63, 3.8) is 0 Å². The van der Waals surface area contributed by atoms with E-state index in [-0.39, 0.29) is 6.03 Å². The lowest BCUT2D eigenvalue weighted by molar-refractivity contribution is 0.252. The number of halogens is 1. The Bertz CT molecular complexity index is 803. The van der Waals surface area contributed by atoms with Crippen LogP contribution in [0.2, 0.25) is 0 Å². The number of amides is 2. The summed E-state index contributed by atoms with van der Waals surface area (Å²) in [5.41, 5.74) is 1.86. The number of hydrogen-bond donors (Lipinski definition) is 2. The van der Waals surface area contributed by atoms with Crippen LogP contribution in [0.25, 0.3) is 10.8 Å². The third kappa shape index (κ3) is 3.28. The molecule has 3 nitrogen and oxygen atoms in total. The molecule has 3 aromatic carbocycles. The smallest absolute Gasteiger partial charge is 0.319 e. The van der Waals surface area contributed by atoms with Gasteiger partial charge >= 0.3 is 6.03 Å². The summed E-state index contributed by atoms with van der Waals surface area (Å²) < 4.78 is 1.01. The number of benzene rings is 3. The SMILES string of the molecule is O=C(NCc1ccccc1)Nc1ccc(Br)c2ccccc12. The molecule has 0 fully saturated rings. The Morgan fingerprint density at radius 1 is 0.864 bits per heavy atom. The van der Waals surface area contributed by atoms with Crippen molar-refractivity contribution < 1.29 is 4.79 Å². The maximum absolute atomic E-state index is 12.1. The summed E-state index contributed by atoms with van der Waals surface area (Å²) in [7, 11) is 0. The monoisotopic (exact) mass is 354 g/mol. The van der Waals surface area contributed by atoms with Crippen molar-refractivity contribution in [2.45, 2.75) is 6.54 Å². The van der Waals surface area contributed by atoms with E-state index in [2.05, 4.69) is 26.6 Å². The quantitative estimate of drug-likeness (QED) is 0.688. The summed E-state index contributed by atoms with van der Waals surface area (Å²) in [5.74, 6) is 0. The zero-order valence-corrected chi connectivity index (χ0v) is 13.4. The molecular formula is C18H15BrN2O. The molecule has 4 heteroatoms. The molecule has 110 valence electrons. The Kier molecular flexibility index (Phi) is 4.39. The first-order valence-corrected chi connectivity index (χ1v) is 7.79. The number of nitrogens with one attached hydrogen (secondary N) is 2. The molecule has 0 bridgehead atoms. The number of fused-ring (bicyclic) bond motifs is 1. The molecule has 0 unspecified atom stereocenters. The van der Waals surface area contributed by atoms with Gasteiger partial charge < -0.3 is 10.6 Å². The van der Waals surface area contributed by atoms with Crippen molar-refractivity contribution in [2.24, 2.45) is 0 Å². The normalized spacial score (nSPS) is 10.4. The van der Waals surface area contributed by atoms with Crippen molar-refractivity contribution in [3.8, 4) is 0 Å². The van der Waals surface area contributed by atoms with Crippen LogP contribution in [0.4, 0.5) is 10.5 Å². The third-order valence-electron chi connectivity index (χ3n) is 3.41. The molecule has 0 atom stereocenters. The lowest BCUT2D eigenvalue weighted by Crippen LogP contribution is -2.28. The second-order valence-electron chi connectivity index (χ2n) is 4.93. The van der Waals surface area contributed by atoms with Crippen molar-refractivity contribution in [1.29, 1.82) is 0 Å². The van der Waals surface area contributed by atoms with E-state index in [1.807, 2.05) is 66.7 Å². The van der Waals surface area contributed by atoms with Gasteiger partial charge in [0.25, 0.3) is 0 Å². The molecule has 0 aromatic heterocycles. The van der Waals surface area contributed by atoms with Crippen LogP contribution < -0.4 is 10.6 Å². The fourth-order valence-electron chi connectivity index (χ4n) is 2.32. The van der Waals surface area contributed by atoms with Crippen molar-refractivity contribution in [1.82, 2.24) is 5.32 Å². The number of rotatable bonds is 3. The lowest BCUT2D eigenvalue weighted by Gasteiger charge is -2.11. The maximum atomic E-state index is 12.1. The van der Waals surface area contributed by atoms with Gasteiger partial charge in [0, 0.05) is 16.4 Å². The van der Waals surface area contributed by atoms with E-state index >= 15 is 0 Å².